The average Bonchev–Trinajstić information content (AvgIpc) is 3.54. The molecule has 0 aliphatic carbocycles. The van der Waals surface area contributed by atoms with E-state index in [1.165, 1.54) is 13.8 Å². The number of ether oxygens (including phenoxy) is 6. The summed E-state index contributed by atoms with van der Waals surface area (Å²) in [6.07, 6.45) is 10.4. The summed E-state index contributed by atoms with van der Waals surface area (Å²) in [5.41, 5.74) is -1.40. The van der Waals surface area contributed by atoms with Gasteiger partial charge in [0.1, 0.15) is 35.8 Å². The number of hydrogen-bond acceptors (Lipinski definition) is 12. The molecule has 0 spiro atoms. The zero-order valence-corrected chi connectivity index (χ0v) is 27.8. The zero-order chi connectivity index (χ0) is 34.6. The second kappa shape index (κ2) is 17.3. The number of carbonyl (C=O) groups excluding carboxylic acids is 4. The molecule has 48 heavy (non-hydrogen) atoms. The molecule has 0 fully saturated rings. The Kier molecular flexibility index (Phi) is 13.2. The molecule has 0 bridgehead atoms. The monoisotopic (exact) mass is 670 g/mol. The Morgan fingerprint density at radius 3 is 1.29 bits per heavy atom. The van der Waals surface area contributed by atoms with Crippen LogP contribution in [0.2, 0.25) is 0 Å². The van der Waals surface area contributed by atoms with Gasteiger partial charge < -0.3 is 38.6 Å². The van der Waals surface area contributed by atoms with Crippen molar-refractivity contribution in [3.8, 4) is 11.5 Å². The average molecular weight is 671 g/mol. The third-order valence-electron chi connectivity index (χ3n) is 8.60. The molecular formula is C36H46O12. The van der Waals surface area contributed by atoms with Crippen LogP contribution in [-0.2, 0) is 39.7 Å². The summed E-state index contributed by atoms with van der Waals surface area (Å²) in [7, 11) is 0. The molecule has 0 saturated heterocycles. The molecule has 262 valence electrons. The summed E-state index contributed by atoms with van der Waals surface area (Å²) in [5, 5.41) is 19.9. The van der Waals surface area contributed by atoms with E-state index in [0.29, 0.717) is 35.8 Å². The Labute approximate surface area is 280 Å². The standard InChI is InChI=1S/C36H46O12/c1-25(39)45-23-35(21-37)27-15-13-17-29(31(27)33(41)47-35)43-19-11-9-7-5-3-4-6-8-10-12-20-44-30-18-14-16-28-32(30)34(42)48-36(28,22-38)24-46-26(2)40/h13-18,37-38H,3-12,19-24H2,1-2H3/t35-,36-/m1/s1. The largest absolute Gasteiger partial charge is 0.493 e. The lowest BCUT2D eigenvalue weighted by Crippen LogP contribution is -2.36. The van der Waals surface area contributed by atoms with Gasteiger partial charge in [0.05, 0.1) is 26.4 Å². The van der Waals surface area contributed by atoms with Gasteiger partial charge in [0.2, 0.25) is 0 Å². The summed E-state index contributed by atoms with van der Waals surface area (Å²) in [4.78, 5) is 47.8. The number of rotatable bonds is 21. The first-order valence-corrected chi connectivity index (χ1v) is 16.6. The summed E-state index contributed by atoms with van der Waals surface area (Å²) in [6.45, 7) is 1.85. The van der Waals surface area contributed by atoms with E-state index in [1.54, 1.807) is 36.4 Å². The van der Waals surface area contributed by atoms with Crippen molar-refractivity contribution >= 4 is 23.9 Å². The van der Waals surface area contributed by atoms with E-state index in [9.17, 15) is 29.4 Å². The van der Waals surface area contributed by atoms with Gasteiger partial charge in [-0.2, -0.15) is 0 Å². The maximum atomic E-state index is 12.6. The van der Waals surface area contributed by atoms with Crippen molar-refractivity contribution in [2.75, 3.05) is 39.6 Å². The molecule has 2 aromatic rings. The minimum absolute atomic E-state index is 0.264. The van der Waals surface area contributed by atoms with Crippen LogP contribution >= 0.6 is 0 Å². The number of unbranched alkanes of at least 4 members (excludes halogenated alkanes) is 9. The third-order valence-corrected chi connectivity index (χ3v) is 8.60. The van der Waals surface area contributed by atoms with Crippen LogP contribution in [0.4, 0.5) is 0 Å². The van der Waals surface area contributed by atoms with Crippen LogP contribution in [-0.4, -0.2) is 73.7 Å². The molecule has 2 aliphatic heterocycles. The van der Waals surface area contributed by atoms with Gasteiger partial charge in [-0.3, -0.25) is 9.59 Å². The second-order valence-corrected chi connectivity index (χ2v) is 12.2. The number of aliphatic hydroxyl groups is 2. The van der Waals surface area contributed by atoms with E-state index in [2.05, 4.69) is 0 Å². The van der Waals surface area contributed by atoms with Crippen LogP contribution in [0.5, 0.6) is 11.5 Å². The molecule has 0 saturated carbocycles. The number of benzene rings is 2. The fourth-order valence-electron chi connectivity index (χ4n) is 6.01. The van der Waals surface area contributed by atoms with E-state index in [-0.39, 0.29) is 24.3 Å². The lowest BCUT2D eigenvalue weighted by atomic mass is 9.93. The highest BCUT2D eigenvalue weighted by molar-refractivity contribution is 5.98. The van der Waals surface area contributed by atoms with Crippen LogP contribution in [0.3, 0.4) is 0 Å². The van der Waals surface area contributed by atoms with Crippen molar-refractivity contribution in [2.45, 2.75) is 89.3 Å². The second-order valence-electron chi connectivity index (χ2n) is 12.2. The normalized spacial score (nSPS) is 19.2. The fourth-order valence-corrected chi connectivity index (χ4v) is 6.01. The van der Waals surface area contributed by atoms with E-state index in [0.717, 1.165) is 64.2 Å². The number of hydrogen-bond donors (Lipinski definition) is 2. The topological polar surface area (TPSA) is 164 Å². The first-order valence-electron chi connectivity index (χ1n) is 16.6. The van der Waals surface area contributed by atoms with Gasteiger partial charge in [0.25, 0.3) is 0 Å². The van der Waals surface area contributed by atoms with E-state index in [4.69, 9.17) is 28.4 Å². The summed E-state index contributed by atoms with van der Waals surface area (Å²) < 4.78 is 32.8. The smallest absolute Gasteiger partial charge is 0.343 e. The predicted molar refractivity (Wildman–Crippen MR) is 172 cm³/mol. The van der Waals surface area contributed by atoms with Gasteiger partial charge in [-0.25, -0.2) is 9.59 Å². The first kappa shape index (κ1) is 36.7. The van der Waals surface area contributed by atoms with Gasteiger partial charge in [0.15, 0.2) is 11.2 Å². The predicted octanol–water partition coefficient (Wildman–Crippen LogP) is 4.89. The highest BCUT2D eigenvalue weighted by Crippen LogP contribution is 2.42. The Bertz CT molecular complexity index is 1330. The van der Waals surface area contributed by atoms with Crippen LogP contribution in [0.1, 0.15) is 110 Å². The van der Waals surface area contributed by atoms with Crippen LogP contribution in [0, 0.1) is 0 Å². The minimum Gasteiger partial charge on any atom is -0.493 e. The fraction of sp³-hybridized carbons (Fsp3) is 0.556. The maximum Gasteiger partial charge on any atom is 0.343 e. The van der Waals surface area contributed by atoms with Gasteiger partial charge in [-0.15, -0.1) is 0 Å². The minimum atomic E-state index is -1.42. The highest BCUT2D eigenvalue weighted by Gasteiger charge is 2.49. The molecule has 12 nitrogen and oxygen atoms in total. The van der Waals surface area contributed by atoms with Crippen LogP contribution in [0.15, 0.2) is 36.4 Å². The molecule has 2 aromatic carbocycles. The Morgan fingerprint density at radius 2 is 0.958 bits per heavy atom. The molecule has 2 aliphatic rings. The summed E-state index contributed by atoms with van der Waals surface area (Å²) in [6, 6.07) is 10.2. The van der Waals surface area contributed by atoms with E-state index >= 15 is 0 Å². The maximum absolute atomic E-state index is 12.6. The van der Waals surface area contributed by atoms with Crippen molar-refractivity contribution < 1.29 is 57.8 Å². The van der Waals surface area contributed by atoms with Crippen molar-refractivity contribution in [1.82, 2.24) is 0 Å². The van der Waals surface area contributed by atoms with Crippen LogP contribution in [0.25, 0.3) is 0 Å². The number of esters is 4. The van der Waals surface area contributed by atoms with Crippen molar-refractivity contribution in [2.24, 2.45) is 0 Å². The number of carbonyl (C=O) groups is 4. The number of aliphatic hydroxyl groups excluding tert-OH is 2. The molecule has 0 amide bonds. The van der Waals surface area contributed by atoms with Gasteiger partial charge >= 0.3 is 23.9 Å². The number of cyclic esters (lactones) is 2. The third kappa shape index (κ3) is 8.84. The Balaban J connectivity index is 1.06. The Morgan fingerprint density at radius 1 is 0.604 bits per heavy atom. The number of fused-ring (bicyclic) bond motifs is 2. The molecule has 0 unspecified atom stereocenters. The van der Waals surface area contributed by atoms with Gasteiger partial charge in [-0.1, -0.05) is 75.6 Å². The SMILES string of the molecule is CC(=O)OC[C@@]1(CO)OC(=O)c2c(OCCCCCCCCCCCCOc3cccc4c3C(=O)O[C@]4(CO)COC(C)=O)cccc21. The molecule has 0 radical (unpaired) electrons. The highest BCUT2D eigenvalue weighted by atomic mass is 16.6. The van der Waals surface area contributed by atoms with Crippen molar-refractivity contribution in [3.63, 3.8) is 0 Å². The molecule has 4 rings (SSSR count). The summed E-state index contributed by atoms with van der Waals surface area (Å²) in [5.74, 6) is -1.47. The Hall–Kier alpha value is -4.16. The molecule has 12 heteroatoms. The lowest BCUT2D eigenvalue weighted by molar-refractivity contribution is -0.152. The van der Waals surface area contributed by atoms with E-state index < -0.39 is 48.3 Å². The zero-order valence-electron chi connectivity index (χ0n) is 27.8. The quantitative estimate of drug-likeness (QED) is 0.105. The molecular weight excluding hydrogens is 624 g/mol. The van der Waals surface area contributed by atoms with Crippen molar-refractivity contribution in [3.05, 3.63) is 58.7 Å². The molecule has 2 N–H and O–H groups in total. The molecule has 2 atom stereocenters. The molecule has 0 aromatic heterocycles. The van der Waals surface area contributed by atoms with Crippen molar-refractivity contribution in [1.29, 1.82) is 0 Å². The van der Waals surface area contributed by atoms with Crippen LogP contribution < -0.4 is 9.47 Å². The van der Waals surface area contributed by atoms with Gasteiger partial charge in [0, 0.05) is 25.0 Å². The van der Waals surface area contributed by atoms with Gasteiger partial charge in [-0.05, 0) is 25.0 Å². The molecule has 2 heterocycles. The van der Waals surface area contributed by atoms with E-state index in [1.807, 2.05) is 0 Å². The lowest BCUT2D eigenvalue weighted by Gasteiger charge is -2.25. The summed E-state index contributed by atoms with van der Waals surface area (Å²) >= 11 is 0. The first-order chi connectivity index (χ1) is 23.2.